The van der Waals surface area contributed by atoms with Crippen LogP contribution in [0.15, 0.2) is 47.4 Å². The minimum absolute atomic E-state index is 0.0220. The van der Waals surface area contributed by atoms with Crippen molar-refractivity contribution in [2.45, 2.75) is 50.0 Å². The molecule has 1 saturated carbocycles. The average Bonchev–Trinajstić information content (AvgIpc) is 2.78. The van der Waals surface area contributed by atoms with Crippen molar-refractivity contribution in [3.63, 3.8) is 0 Å². The van der Waals surface area contributed by atoms with E-state index in [-0.39, 0.29) is 28.1 Å². The van der Waals surface area contributed by atoms with Crippen LogP contribution >= 0.6 is 0 Å². The third-order valence-corrected chi connectivity index (χ3v) is 7.45. The summed E-state index contributed by atoms with van der Waals surface area (Å²) in [6, 6.07) is 10.1. The zero-order valence-electron chi connectivity index (χ0n) is 18.1. The summed E-state index contributed by atoms with van der Waals surface area (Å²) < 4.78 is 33.9. The first-order valence-corrected chi connectivity index (χ1v) is 11.9. The number of nitrogens with zero attached hydrogens (tertiary/aromatic N) is 2. The number of aryl methyl sites for hydroxylation is 1. The molecule has 32 heavy (non-hydrogen) atoms. The highest BCUT2D eigenvalue weighted by Crippen LogP contribution is 2.32. The van der Waals surface area contributed by atoms with Gasteiger partial charge in [-0.05, 0) is 43.5 Å². The zero-order chi connectivity index (χ0) is 23.3. The maximum Gasteiger partial charge on any atom is 0.271 e. The fraction of sp³-hybridized carbons (Fsp3) is 0.409. The van der Waals surface area contributed by atoms with Crippen LogP contribution in [-0.4, -0.2) is 43.2 Å². The molecule has 0 aliphatic heterocycles. The maximum absolute atomic E-state index is 13.7. The van der Waals surface area contributed by atoms with E-state index in [4.69, 9.17) is 4.74 Å². The smallest absolute Gasteiger partial charge is 0.271 e. The molecule has 0 heterocycles. The second-order valence-electron chi connectivity index (χ2n) is 7.85. The van der Waals surface area contributed by atoms with Crippen LogP contribution in [0, 0.1) is 17.0 Å². The number of hydrogen-bond donors (Lipinski definition) is 1. The predicted molar refractivity (Wildman–Crippen MR) is 120 cm³/mol. The van der Waals surface area contributed by atoms with E-state index in [1.165, 1.54) is 35.7 Å². The molecule has 3 rings (SSSR count). The summed E-state index contributed by atoms with van der Waals surface area (Å²) in [5.41, 5.74) is 0.830. The summed E-state index contributed by atoms with van der Waals surface area (Å²) in [4.78, 5) is 23.3. The monoisotopic (exact) mass is 461 g/mol. The molecule has 9 nitrogen and oxygen atoms in total. The third-order valence-electron chi connectivity index (χ3n) is 5.53. The second kappa shape index (κ2) is 10.1. The van der Waals surface area contributed by atoms with Gasteiger partial charge in [-0.3, -0.25) is 14.9 Å². The van der Waals surface area contributed by atoms with Gasteiger partial charge in [0.1, 0.15) is 10.6 Å². The Balaban J connectivity index is 1.91. The Kier molecular flexibility index (Phi) is 7.47. The highest BCUT2D eigenvalue weighted by atomic mass is 32.2. The largest absolute Gasteiger partial charge is 0.495 e. The lowest BCUT2D eigenvalue weighted by Crippen LogP contribution is -2.45. The number of nitrogens with one attached hydrogen (secondary N) is 1. The van der Waals surface area contributed by atoms with Gasteiger partial charge in [-0.1, -0.05) is 31.4 Å². The van der Waals surface area contributed by atoms with Crippen LogP contribution in [0.3, 0.4) is 0 Å². The van der Waals surface area contributed by atoms with Crippen LogP contribution in [0.25, 0.3) is 0 Å². The highest BCUT2D eigenvalue weighted by molar-refractivity contribution is 7.89. The maximum atomic E-state index is 13.7. The number of non-ortho nitro benzene ring substituents is 1. The average molecular weight is 462 g/mol. The normalized spacial score (nSPS) is 14.8. The van der Waals surface area contributed by atoms with Crippen molar-refractivity contribution in [1.29, 1.82) is 0 Å². The number of anilines is 1. The lowest BCUT2D eigenvalue weighted by atomic mass is 9.95. The molecule has 0 radical (unpaired) electrons. The second-order valence-corrected chi connectivity index (χ2v) is 9.71. The van der Waals surface area contributed by atoms with Crippen molar-refractivity contribution >= 4 is 27.3 Å². The van der Waals surface area contributed by atoms with E-state index >= 15 is 0 Å². The van der Waals surface area contributed by atoms with Gasteiger partial charge in [0.25, 0.3) is 5.69 Å². The number of benzene rings is 2. The van der Waals surface area contributed by atoms with E-state index < -0.39 is 27.4 Å². The molecule has 0 saturated heterocycles. The van der Waals surface area contributed by atoms with Crippen LogP contribution in [0.5, 0.6) is 5.75 Å². The Morgan fingerprint density at radius 1 is 1.19 bits per heavy atom. The van der Waals surface area contributed by atoms with Crippen molar-refractivity contribution < 1.29 is 22.9 Å². The SMILES string of the molecule is COc1ccc(C)cc1S(=O)(=O)N(CC(=O)Nc1cccc([N+](=O)[O-])c1)C1CCCCC1. The van der Waals surface area contributed by atoms with Crippen LogP contribution in [-0.2, 0) is 14.8 Å². The summed E-state index contributed by atoms with van der Waals surface area (Å²) in [6.07, 6.45) is 4.12. The van der Waals surface area contributed by atoms with Crippen LogP contribution in [0.1, 0.15) is 37.7 Å². The molecule has 2 aromatic carbocycles. The van der Waals surface area contributed by atoms with E-state index in [2.05, 4.69) is 5.32 Å². The Bertz CT molecular complexity index is 1100. The van der Waals surface area contributed by atoms with E-state index in [0.717, 1.165) is 24.8 Å². The van der Waals surface area contributed by atoms with Crippen LogP contribution in [0.4, 0.5) is 11.4 Å². The van der Waals surface area contributed by atoms with Gasteiger partial charge in [0, 0.05) is 23.9 Å². The van der Waals surface area contributed by atoms with Gasteiger partial charge in [-0.15, -0.1) is 0 Å². The number of rotatable bonds is 8. The number of carbonyl (C=O) groups is 1. The Labute approximate surface area is 187 Å². The van der Waals surface area contributed by atoms with Crippen molar-refractivity contribution in [3.8, 4) is 5.75 Å². The first kappa shape index (κ1) is 23.7. The Morgan fingerprint density at radius 3 is 2.56 bits per heavy atom. The third kappa shape index (κ3) is 5.43. The van der Waals surface area contributed by atoms with Gasteiger partial charge in [0.15, 0.2) is 0 Å². The van der Waals surface area contributed by atoms with Crippen molar-refractivity contribution in [3.05, 3.63) is 58.1 Å². The number of nitro benzene ring substituents is 1. The number of nitro groups is 1. The molecule has 10 heteroatoms. The number of sulfonamides is 1. The summed E-state index contributed by atoms with van der Waals surface area (Å²) >= 11 is 0. The van der Waals surface area contributed by atoms with E-state index in [9.17, 15) is 23.3 Å². The van der Waals surface area contributed by atoms with Gasteiger partial charge < -0.3 is 10.1 Å². The molecule has 2 aromatic rings. The van der Waals surface area contributed by atoms with E-state index in [0.29, 0.717) is 12.8 Å². The molecule has 172 valence electrons. The van der Waals surface area contributed by atoms with Crippen molar-refractivity contribution in [2.75, 3.05) is 19.0 Å². The number of methoxy groups -OCH3 is 1. The summed E-state index contributed by atoms with van der Waals surface area (Å²) in [5.74, 6) is -0.346. The van der Waals surface area contributed by atoms with Gasteiger partial charge in [0.05, 0.1) is 18.6 Å². The molecule has 0 bridgehead atoms. The van der Waals surface area contributed by atoms with Gasteiger partial charge >= 0.3 is 0 Å². The molecular weight excluding hydrogens is 434 g/mol. The number of carbonyl (C=O) groups excluding carboxylic acids is 1. The van der Waals surface area contributed by atoms with Gasteiger partial charge in [-0.2, -0.15) is 4.31 Å². The molecular formula is C22H27N3O6S. The van der Waals surface area contributed by atoms with Crippen molar-refractivity contribution in [1.82, 2.24) is 4.31 Å². The van der Waals surface area contributed by atoms with E-state index in [1.807, 2.05) is 0 Å². The quantitative estimate of drug-likeness (QED) is 0.471. The first-order valence-electron chi connectivity index (χ1n) is 10.4. The highest BCUT2D eigenvalue weighted by Gasteiger charge is 2.35. The number of hydrogen-bond acceptors (Lipinski definition) is 6. The minimum atomic E-state index is -4.04. The van der Waals surface area contributed by atoms with E-state index in [1.54, 1.807) is 25.1 Å². The molecule has 0 spiro atoms. The predicted octanol–water partition coefficient (Wildman–Crippen LogP) is 3.87. The standard InChI is InChI=1S/C22H27N3O6S/c1-16-11-12-20(31-2)21(13-16)32(29,30)24(18-8-4-3-5-9-18)15-22(26)23-17-7-6-10-19(14-17)25(27)28/h6-7,10-14,18H,3-5,8-9,15H2,1-2H3,(H,23,26). The van der Waals surface area contributed by atoms with Crippen molar-refractivity contribution in [2.24, 2.45) is 0 Å². The molecule has 1 amide bonds. The molecule has 1 fully saturated rings. The lowest BCUT2D eigenvalue weighted by molar-refractivity contribution is -0.384. The minimum Gasteiger partial charge on any atom is -0.495 e. The topological polar surface area (TPSA) is 119 Å². The summed E-state index contributed by atoms with van der Waals surface area (Å²) in [6.45, 7) is 1.39. The van der Waals surface area contributed by atoms with Crippen LogP contribution < -0.4 is 10.1 Å². The molecule has 1 aliphatic rings. The number of amides is 1. The molecule has 0 aromatic heterocycles. The molecule has 0 unspecified atom stereocenters. The Morgan fingerprint density at radius 2 is 1.91 bits per heavy atom. The zero-order valence-corrected chi connectivity index (χ0v) is 18.9. The molecule has 0 atom stereocenters. The number of ether oxygens (including phenoxy) is 1. The van der Waals surface area contributed by atoms with Gasteiger partial charge in [-0.25, -0.2) is 8.42 Å². The lowest BCUT2D eigenvalue weighted by Gasteiger charge is -2.33. The summed E-state index contributed by atoms with van der Waals surface area (Å²) in [7, 11) is -2.63. The van der Waals surface area contributed by atoms with Crippen LogP contribution in [0.2, 0.25) is 0 Å². The molecule has 1 N–H and O–H groups in total. The van der Waals surface area contributed by atoms with Gasteiger partial charge in [0.2, 0.25) is 15.9 Å². The fourth-order valence-corrected chi connectivity index (χ4v) is 5.81. The fourth-order valence-electron chi connectivity index (χ4n) is 3.93. The summed E-state index contributed by atoms with van der Waals surface area (Å²) in [5, 5.41) is 13.6. The Hall–Kier alpha value is -2.98. The molecule has 1 aliphatic carbocycles. The first-order chi connectivity index (χ1) is 15.2.